The van der Waals surface area contributed by atoms with Crippen LogP contribution in [-0.4, -0.2) is 77.3 Å². The van der Waals surface area contributed by atoms with Crippen molar-refractivity contribution in [1.29, 1.82) is 0 Å². The molecule has 0 amide bonds. The number of aliphatic hydroxyl groups excluding tert-OH is 2. The fourth-order valence-corrected chi connectivity index (χ4v) is 5.92. The summed E-state index contributed by atoms with van der Waals surface area (Å²) in [6.45, 7) is 4.02. The second-order valence-electron chi connectivity index (χ2n) is 12.5. The number of phenols is 1. The van der Waals surface area contributed by atoms with E-state index >= 15 is 0 Å². The number of nitrogens with zero attached hydrogens (tertiary/aromatic N) is 1. The highest BCUT2D eigenvalue weighted by atomic mass is 16.8. The van der Waals surface area contributed by atoms with Gasteiger partial charge in [-0.25, -0.2) is 0 Å². The van der Waals surface area contributed by atoms with Gasteiger partial charge in [0.25, 0.3) is 0 Å². The van der Waals surface area contributed by atoms with Gasteiger partial charge in [0.2, 0.25) is 12.4 Å². The molecule has 0 saturated carbocycles. The number of nitrogens with one attached hydrogen (secondary N) is 1. The lowest BCUT2D eigenvalue weighted by Gasteiger charge is -2.41. The highest BCUT2D eigenvalue weighted by Gasteiger charge is 2.51. The average Bonchev–Trinajstić information content (AvgIpc) is 3.64. The van der Waals surface area contributed by atoms with Gasteiger partial charge < -0.3 is 43.8 Å². The molecule has 0 radical (unpaired) electrons. The molecular formula is C35H36N2O12. The Bertz CT molecular complexity index is 1880. The third-order valence-corrected chi connectivity index (χ3v) is 8.53. The SMILES string of the molecule is CC(C)CCC1=C2N=CC=C2C[NH+]1O[C@H]1[C@@H](Oc2ccc3c(=O)c(-c4ccc(O)cc4)coc3c2)O[C@@H](COC(=O)CC(=O)[O-])[C@H](O)[C@H]1O. The number of benzene rings is 2. The number of rotatable bonds is 12. The van der Waals surface area contributed by atoms with E-state index in [9.17, 15) is 34.8 Å². The maximum absolute atomic E-state index is 13.3. The van der Waals surface area contributed by atoms with Crippen molar-refractivity contribution < 1.29 is 58.5 Å². The second-order valence-corrected chi connectivity index (χ2v) is 12.5. The first-order valence-corrected chi connectivity index (χ1v) is 15.9. The van der Waals surface area contributed by atoms with Crippen molar-refractivity contribution in [2.45, 2.75) is 63.8 Å². The van der Waals surface area contributed by atoms with Gasteiger partial charge in [-0.15, -0.1) is 0 Å². The predicted octanol–water partition coefficient (Wildman–Crippen LogP) is 0.532. The molecule has 3 aromatic rings. The number of aliphatic carboxylic acids is 1. The molecule has 3 aliphatic rings. The Labute approximate surface area is 280 Å². The van der Waals surface area contributed by atoms with Crippen molar-refractivity contribution in [3.8, 4) is 22.6 Å². The Morgan fingerprint density at radius 3 is 2.63 bits per heavy atom. The van der Waals surface area contributed by atoms with Crippen LogP contribution >= 0.6 is 0 Å². The molecule has 0 aliphatic carbocycles. The van der Waals surface area contributed by atoms with Crippen molar-refractivity contribution in [1.82, 2.24) is 0 Å². The molecule has 0 spiro atoms. The summed E-state index contributed by atoms with van der Waals surface area (Å²) in [6, 6.07) is 10.6. The van der Waals surface area contributed by atoms with E-state index in [4.69, 9.17) is 23.5 Å². The number of hydroxylamine groups is 2. The highest BCUT2D eigenvalue weighted by molar-refractivity contribution is 5.89. The Morgan fingerprint density at radius 2 is 1.90 bits per heavy atom. The number of aliphatic imine (C=N–C) groups is 1. The number of ether oxygens (including phenoxy) is 3. The van der Waals surface area contributed by atoms with Gasteiger partial charge in [-0.3, -0.25) is 14.6 Å². The van der Waals surface area contributed by atoms with Gasteiger partial charge in [-0.2, -0.15) is 9.90 Å². The van der Waals surface area contributed by atoms with Crippen LogP contribution in [0.4, 0.5) is 0 Å². The van der Waals surface area contributed by atoms with Crippen molar-refractivity contribution in [2.75, 3.05) is 13.2 Å². The molecule has 4 N–H and O–H groups in total. The number of esters is 1. The van der Waals surface area contributed by atoms with E-state index in [1.54, 1.807) is 18.3 Å². The molecule has 49 heavy (non-hydrogen) atoms. The smallest absolute Gasteiger partial charge is 0.311 e. The molecule has 0 bridgehead atoms. The minimum Gasteiger partial charge on any atom is -0.550 e. The van der Waals surface area contributed by atoms with E-state index in [0.717, 1.165) is 23.4 Å². The van der Waals surface area contributed by atoms with E-state index < -0.39 is 55.7 Å². The molecule has 3 aliphatic heterocycles. The van der Waals surface area contributed by atoms with Crippen LogP contribution < -0.4 is 20.3 Å². The van der Waals surface area contributed by atoms with Crippen LogP contribution in [0.1, 0.15) is 33.1 Å². The predicted molar refractivity (Wildman–Crippen MR) is 170 cm³/mol. The number of carbonyl (C=O) groups is 2. The van der Waals surface area contributed by atoms with Crippen LogP contribution in [0.25, 0.3) is 22.1 Å². The van der Waals surface area contributed by atoms with Gasteiger partial charge in [0.05, 0.1) is 23.3 Å². The number of phenolic OH excluding ortho intramolecular Hbond substituents is 1. The van der Waals surface area contributed by atoms with Gasteiger partial charge >= 0.3 is 5.97 Å². The number of aliphatic hydroxyl groups is 2. The molecule has 1 saturated heterocycles. The third-order valence-electron chi connectivity index (χ3n) is 8.53. The van der Waals surface area contributed by atoms with Crippen molar-refractivity contribution in [3.05, 3.63) is 82.0 Å². The molecule has 4 heterocycles. The molecule has 6 atom stereocenters. The van der Waals surface area contributed by atoms with Gasteiger partial charge in [-0.05, 0) is 48.2 Å². The standard InChI is InChI=1S/C35H36N2O12/c1-18(2)3-10-25-30-20(11-12-36-30)15-37(25)49-34-33(44)32(43)27(17-46-29(41)14-28(39)40)48-35(34)47-22-8-9-23-26(13-22)45-16-24(31(23)42)19-4-6-21(38)7-5-19/h4-9,11-13,16,18,27,32-35,38,43-44H,3,10,14-15,17H2,1-2H3,(H,39,40)/t27-,32-,33+,34+,35-/m0/s1. The Kier molecular flexibility index (Phi) is 9.94. The summed E-state index contributed by atoms with van der Waals surface area (Å²) in [5.74, 6) is -2.12. The minimum absolute atomic E-state index is 0.0572. The highest BCUT2D eigenvalue weighted by Crippen LogP contribution is 2.31. The molecule has 1 unspecified atom stereocenters. The number of fused-ring (bicyclic) bond motifs is 2. The number of carbonyl (C=O) groups excluding carboxylic acids is 2. The molecule has 14 heteroatoms. The topological polar surface area (TPSA) is 202 Å². The van der Waals surface area contributed by atoms with Crippen LogP contribution in [0.15, 0.2) is 86.0 Å². The first-order valence-electron chi connectivity index (χ1n) is 15.9. The van der Waals surface area contributed by atoms with Crippen molar-refractivity contribution in [3.63, 3.8) is 0 Å². The van der Waals surface area contributed by atoms with Crippen LogP contribution in [0, 0.1) is 5.92 Å². The fourth-order valence-electron chi connectivity index (χ4n) is 5.92. The largest absolute Gasteiger partial charge is 0.550 e. The number of quaternary nitrogens is 1. The zero-order valence-corrected chi connectivity index (χ0v) is 26.7. The monoisotopic (exact) mass is 676 g/mol. The molecule has 14 nitrogen and oxygen atoms in total. The van der Waals surface area contributed by atoms with E-state index in [1.165, 1.54) is 36.6 Å². The summed E-state index contributed by atoms with van der Waals surface area (Å²) in [5, 5.41) is 43.6. The van der Waals surface area contributed by atoms with Crippen molar-refractivity contribution in [2.24, 2.45) is 10.9 Å². The normalized spacial score (nSPS) is 24.7. The fraction of sp³-hybridized carbons (Fsp3) is 0.371. The second kappa shape index (κ2) is 14.3. The Balaban J connectivity index is 1.28. The van der Waals surface area contributed by atoms with Gasteiger partial charge in [0.15, 0.2) is 11.1 Å². The lowest BCUT2D eigenvalue weighted by molar-refractivity contribution is -1.06. The summed E-state index contributed by atoms with van der Waals surface area (Å²) in [7, 11) is 0. The number of hydrogen-bond acceptors (Lipinski definition) is 13. The molecular weight excluding hydrogens is 640 g/mol. The maximum Gasteiger partial charge on any atom is 0.311 e. The summed E-state index contributed by atoms with van der Waals surface area (Å²) in [4.78, 5) is 46.9. The maximum atomic E-state index is 13.3. The zero-order valence-electron chi connectivity index (χ0n) is 26.7. The van der Waals surface area contributed by atoms with E-state index in [1.807, 2.05) is 6.08 Å². The number of carboxylic acid groups (broad SMARTS) is 1. The first kappa shape index (κ1) is 34.0. The third kappa shape index (κ3) is 7.43. The lowest BCUT2D eigenvalue weighted by Crippen LogP contribution is -3.09. The quantitative estimate of drug-likeness (QED) is 0.153. The Morgan fingerprint density at radius 1 is 1.12 bits per heavy atom. The number of allylic oxidation sites excluding steroid dienone is 2. The van der Waals surface area contributed by atoms with Crippen LogP contribution in [0.2, 0.25) is 0 Å². The van der Waals surface area contributed by atoms with Gasteiger partial charge in [0.1, 0.15) is 60.5 Å². The van der Waals surface area contributed by atoms with E-state index in [-0.39, 0.29) is 27.9 Å². The average molecular weight is 677 g/mol. The first-order chi connectivity index (χ1) is 23.5. The number of hydrogen-bond donors (Lipinski definition) is 4. The lowest BCUT2D eigenvalue weighted by atomic mass is 9.99. The number of aromatic hydroxyl groups is 1. The summed E-state index contributed by atoms with van der Waals surface area (Å²) in [5.41, 5.74) is 3.38. The molecule has 1 aromatic heterocycles. The zero-order chi connectivity index (χ0) is 34.8. The summed E-state index contributed by atoms with van der Waals surface area (Å²) in [6.07, 6.45) is -1.75. The summed E-state index contributed by atoms with van der Waals surface area (Å²) < 4.78 is 23.0. The van der Waals surface area contributed by atoms with E-state index in [0.29, 0.717) is 35.1 Å². The summed E-state index contributed by atoms with van der Waals surface area (Å²) >= 11 is 0. The minimum atomic E-state index is -1.64. The van der Waals surface area contributed by atoms with Gasteiger partial charge in [-0.1, -0.05) is 26.0 Å². The van der Waals surface area contributed by atoms with Crippen LogP contribution in [-0.2, 0) is 23.9 Å². The molecule has 258 valence electrons. The van der Waals surface area contributed by atoms with Crippen LogP contribution in [0.3, 0.4) is 0 Å². The molecule has 2 aromatic carbocycles. The molecule has 1 fully saturated rings. The molecule has 6 rings (SSSR count). The van der Waals surface area contributed by atoms with Crippen molar-refractivity contribution >= 4 is 29.1 Å². The van der Waals surface area contributed by atoms with Crippen LogP contribution in [0.5, 0.6) is 11.5 Å². The van der Waals surface area contributed by atoms with Gasteiger partial charge in [0, 0.05) is 24.3 Å². The Hall–Kier alpha value is -4.86. The van der Waals surface area contributed by atoms with E-state index in [2.05, 4.69) is 18.8 Å². The number of carboxylic acids is 1.